The fourth-order valence-electron chi connectivity index (χ4n) is 2.83. The van der Waals surface area contributed by atoms with Crippen molar-refractivity contribution < 1.29 is 0 Å². The molecule has 0 bridgehead atoms. The molecule has 2 heterocycles. The second kappa shape index (κ2) is 5.10. The van der Waals surface area contributed by atoms with Crippen LogP contribution in [0.4, 0.5) is 0 Å². The van der Waals surface area contributed by atoms with E-state index in [0.717, 1.165) is 19.1 Å². The van der Waals surface area contributed by atoms with Crippen LogP contribution in [-0.2, 0) is 0 Å². The molecule has 0 aromatic rings. The average molecular weight is 197 g/mol. The van der Waals surface area contributed by atoms with E-state index in [4.69, 9.17) is 5.73 Å². The first kappa shape index (κ1) is 10.4. The van der Waals surface area contributed by atoms with Gasteiger partial charge in [0, 0.05) is 25.7 Å². The second-order valence-corrected chi connectivity index (χ2v) is 4.63. The van der Waals surface area contributed by atoms with Crippen LogP contribution in [0.2, 0.25) is 0 Å². The molecule has 0 aliphatic carbocycles. The molecule has 2 fully saturated rings. The van der Waals surface area contributed by atoms with Crippen molar-refractivity contribution >= 4 is 0 Å². The van der Waals surface area contributed by atoms with Gasteiger partial charge in [0.15, 0.2) is 0 Å². The zero-order chi connectivity index (χ0) is 9.80. The molecule has 2 aliphatic rings. The molecule has 2 N–H and O–H groups in total. The first-order chi connectivity index (χ1) is 6.90. The third kappa shape index (κ3) is 2.47. The van der Waals surface area contributed by atoms with E-state index in [-0.39, 0.29) is 0 Å². The van der Waals surface area contributed by atoms with Crippen molar-refractivity contribution in [2.75, 3.05) is 39.3 Å². The van der Waals surface area contributed by atoms with Gasteiger partial charge in [-0.05, 0) is 45.3 Å². The molecule has 0 aromatic carbocycles. The molecule has 82 valence electrons. The molecule has 2 rings (SSSR count). The fourth-order valence-corrected chi connectivity index (χ4v) is 2.83. The molecule has 2 saturated heterocycles. The van der Waals surface area contributed by atoms with Gasteiger partial charge in [0.2, 0.25) is 0 Å². The van der Waals surface area contributed by atoms with Gasteiger partial charge in [-0.1, -0.05) is 0 Å². The second-order valence-electron chi connectivity index (χ2n) is 4.63. The minimum atomic E-state index is 0.802. The predicted octanol–water partition coefficient (Wildman–Crippen LogP) is 0.505. The molecule has 14 heavy (non-hydrogen) atoms. The van der Waals surface area contributed by atoms with Gasteiger partial charge in [0.25, 0.3) is 0 Å². The molecule has 0 spiro atoms. The lowest BCUT2D eigenvalue weighted by Crippen LogP contribution is -2.41. The van der Waals surface area contributed by atoms with Crippen molar-refractivity contribution in [2.45, 2.75) is 31.7 Å². The number of hydrogen-bond donors (Lipinski definition) is 1. The summed E-state index contributed by atoms with van der Waals surface area (Å²) in [6.07, 6.45) is 5.57. The highest BCUT2D eigenvalue weighted by atomic mass is 15.2. The molecule has 1 unspecified atom stereocenters. The summed E-state index contributed by atoms with van der Waals surface area (Å²) >= 11 is 0. The molecule has 1 atom stereocenters. The highest BCUT2D eigenvalue weighted by Gasteiger charge is 2.26. The maximum absolute atomic E-state index is 5.62. The lowest BCUT2D eigenvalue weighted by atomic mass is 10.2. The quantitative estimate of drug-likeness (QED) is 0.712. The summed E-state index contributed by atoms with van der Waals surface area (Å²) in [4.78, 5) is 5.21. The first-order valence-corrected chi connectivity index (χ1v) is 6.06. The summed E-state index contributed by atoms with van der Waals surface area (Å²) in [6.45, 7) is 7.13. The van der Waals surface area contributed by atoms with Gasteiger partial charge in [0.05, 0.1) is 0 Å². The zero-order valence-corrected chi connectivity index (χ0v) is 9.12. The summed E-state index contributed by atoms with van der Waals surface area (Å²) in [6, 6.07) is 0.802. The summed E-state index contributed by atoms with van der Waals surface area (Å²) in [5.41, 5.74) is 5.62. The summed E-state index contributed by atoms with van der Waals surface area (Å²) in [5, 5.41) is 0. The van der Waals surface area contributed by atoms with Gasteiger partial charge >= 0.3 is 0 Å². The van der Waals surface area contributed by atoms with Gasteiger partial charge in [-0.25, -0.2) is 0 Å². The Labute approximate surface area is 87.2 Å². The highest BCUT2D eigenvalue weighted by molar-refractivity contribution is 4.83. The predicted molar refractivity (Wildman–Crippen MR) is 59.3 cm³/mol. The largest absolute Gasteiger partial charge is 0.329 e. The molecule has 0 aromatic heterocycles. The lowest BCUT2D eigenvalue weighted by molar-refractivity contribution is 0.195. The summed E-state index contributed by atoms with van der Waals surface area (Å²) in [7, 11) is 0. The van der Waals surface area contributed by atoms with Gasteiger partial charge in [-0.15, -0.1) is 0 Å². The Bertz CT molecular complexity index is 166. The van der Waals surface area contributed by atoms with Crippen LogP contribution in [0.25, 0.3) is 0 Å². The Kier molecular flexibility index (Phi) is 3.79. The van der Waals surface area contributed by atoms with E-state index in [1.165, 1.54) is 51.9 Å². The van der Waals surface area contributed by atoms with Crippen molar-refractivity contribution in [3.8, 4) is 0 Å². The molecular weight excluding hydrogens is 174 g/mol. The number of hydrogen-bond acceptors (Lipinski definition) is 3. The van der Waals surface area contributed by atoms with Crippen LogP contribution < -0.4 is 5.73 Å². The summed E-state index contributed by atoms with van der Waals surface area (Å²) < 4.78 is 0. The maximum Gasteiger partial charge on any atom is 0.0224 e. The van der Waals surface area contributed by atoms with Crippen LogP contribution >= 0.6 is 0 Å². The minimum Gasteiger partial charge on any atom is -0.329 e. The topological polar surface area (TPSA) is 32.5 Å². The van der Waals surface area contributed by atoms with E-state index >= 15 is 0 Å². The zero-order valence-electron chi connectivity index (χ0n) is 9.12. The molecule has 2 aliphatic heterocycles. The molecule has 0 amide bonds. The van der Waals surface area contributed by atoms with E-state index in [0.29, 0.717) is 0 Å². The van der Waals surface area contributed by atoms with Gasteiger partial charge in [-0.3, -0.25) is 4.90 Å². The number of likely N-dealkylation sites (tertiary alicyclic amines) is 2. The average Bonchev–Trinajstić information content (AvgIpc) is 2.80. The number of rotatable bonds is 4. The maximum atomic E-state index is 5.62. The SMILES string of the molecule is NCCN1CCCC1CN1CCCC1. The Morgan fingerprint density at radius 3 is 2.57 bits per heavy atom. The minimum absolute atomic E-state index is 0.802. The van der Waals surface area contributed by atoms with Crippen molar-refractivity contribution in [1.82, 2.24) is 9.80 Å². The molecular formula is C11H23N3. The normalized spacial score (nSPS) is 30.2. The fraction of sp³-hybridized carbons (Fsp3) is 1.00. The van der Waals surface area contributed by atoms with Crippen LogP contribution in [0.3, 0.4) is 0 Å². The molecule has 0 radical (unpaired) electrons. The van der Waals surface area contributed by atoms with E-state index < -0.39 is 0 Å². The Hall–Kier alpha value is -0.120. The lowest BCUT2D eigenvalue weighted by Gasteiger charge is -2.27. The van der Waals surface area contributed by atoms with Crippen molar-refractivity contribution in [3.63, 3.8) is 0 Å². The van der Waals surface area contributed by atoms with Crippen molar-refractivity contribution in [1.29, 1.82) is 0 Å². The molecule has 3 heteroatoms. The van der Waals surface area contributed by atoms with Crippen molar-refractivity contribution in [3.05, 3.63) is 0 Å². The number of nitrogens with zero attached hydrogens (tertiary/aromatic N) is 2. The monoisotopic (exact) mass is 197 g/mol. The van der Waals surface area contributed by atoms with Crippen LogP contribution in [0, 0.1) is 0 Å². The Morgan fingerprint density at radius 2 is 1.86 bits per heavy atom. The smallest absolute Gasteiger partial charge is 0.0224 e. The van der Waals surface area contributed by atoms with Crippen molar-refractivity contribution in [2.24, 2.45) is 5.73 Å². The third-order valence-corrected chi connectivity index (χ3v) is 3.58. The number of nitrogens with two attached hydrogens (primary N) is 1. The Morgan fingerprint density at radius 1 is 1.07 bits per heavy atom. The van der Waals surface area contributed by atoms with Crippen LogP contribution in [0.1, 0.15) is 25.7 Å². The highest BCUT2D eigenvalue weighted by Crippen LogP contribution is 2.19. The van der Waals surface area contributed by atoms with Crippen LogP contribution in [0.5, 0.6) is 0 Å². The molecule has 0 saturated carbocycles. The van der Waals surface area contributed by atoms with E-state index in [1.807, 2.05) is 0 Å². The van der Waals surface area contributed by atoms with Crippen LogP contribution in [-0.4, -0.2) is 55.1 Å². The first-order valence-electron chi connectivity index (χ1n) is 6.06. The molecule has 3 nitrogen and oxygen atoms in total. The van der Waals surface area contributed by atoms with Gasteiger partial charge < -0.3 is 10.6 Å². The van der Waals surface area contributed by atoms with E-state index in [2.05, 4.69) is 9.80 Å². The van der Waals surface area contributed by atoms with Gasteiger partial charge in [-0.2, -0.15) is 0 Å². The van der Waals surface area contributed by atoms with E-state index in [9.17, 15) is 0 Å². The van der Waals surface area contributed by atoms with Crippen LogP contribution in [0.15, 0.2) is 0 Å². The summed E-state index contributed by atoms with van der Waals surface area (Å²) in [5.74, 6) is 0. The third-order valence-electron chi connectivity index (χ3n) is 3.58. The standard InChI is InChI=1S/C11H23N3/c12-5-9-14-8-3-4-11(14)10-13-6-1-2-7-13/h11H,1-10,12H2. The van der Waals surface area contributed by atoms with E-state index in [1.54, 1.807) is 0 Å². The Balaban J connectivity index is 1.77. The van der Waals surface area contributed by atoms with Gasteiger partial charge in [0.1, 0.15) is 0 Å².